The van der Waals surface area contributed by atoms with Gasteiger partial charge in [-0.05, 0) is 66.6 Å². The summed E-state index contributed by atoms with van der Waals surface area (Å²) >= 11 is 0. The number of sulfonamides is 1. The number of H-pyrrole nitrogens is 1. The standard InChI is InChI=1S/C30H32N8O5S/c1-20-31-28(34-43-20)23-9-7-8-21(18-23)19-38(17-16-27-32-36-37-33-27)29(39)42-24-14-12-22(13-15-24)25-10-5-6-11-26(25)44(40,41)35-30(2,3)4/h5-15,18,35H,16-17,19H2,1-4H3,(H,32,33,36,37). The molecular weight excluding hydrogens is 584 g/mol. The summed E-state index contributed by atoms with van der Waals surface area (Å²) in [6.07, 6.45) is -0.207. The highest BCUT2D eigenvalue weighted by Gasteiger charge is 2.25. The lowest BCUT2D eigenvalue weighted by molar-refractivity contribution is 0.149. The number of hydrogen-bond acceptors (Lipinski definition) is 10. The van der Waals surface area contributed by atoms with Gasteiger partial charge in [-0.15, -0.1) is 5.10 Å². The van der Waals surface area contributed by atoms with Crippen molar-refractivity contribution in [3.8, 4) is 28.3 Å². The van der Waals surface area contributed by atoms with E-state index < -0.39 is 21.7 Å². The molecule has 5 aromatic rings. The zero-order chi connectivity index (χ0) is 31.3. The van der Waals surface area contributed by atoms with Crippen LogP contribution in [-0.2, 0) is 23.0 Å². The molecule has 0 atom stereocenters. The Morgan fingerprint density at radius 1 is 1.02 bits per heavy atom. The van der Waals surface area contributed by atoms with E-state index in [-0.39, 0.29) is 18.0 Å². The molecule has 13 nitrogen and oxygen atoms in total. The van der Waals surface area contributed by atoms with Crippen LogP contribution in [0.15, 0.2) is 82.2 Å². The molecule has 228 valence electrons. The van der Waals surface area contributed by atoms with Crippen molar-refractivity contribution in [2.24, 2.45) is 0 Å². The zero-order valence-electron chi connectivity index (χ0n) is 24.7. The quantitative estimate of drug-likeness (QED) is 0.227. The Morgan fingerprint density at radius 2 is 1.80 bits per heavy atom. The Morgan fingerprint density at radius 3 is 2.48 bits per heavy atom. The van der Waals surface area contributed by atoms with Gasteiger partial charge in [-0.25, -0.2) is 23.0 Å². The van der Waals surface area contributed by atoms with Gasteiger partial charge in [-0.1, -0.05) is 53.7 Å². The van der Waals surface area contributed by atoms with Gasteiger partial charge >= 0.3 is 6.09 Å². The first-order valence-corrected chi connectivity index (χ1v) is 15.3. The van der Waals surface area contributed by atoms with Crippen LogP contribution >= 0.6 is 0 Å². The van der Waals surface area contributed by atoms with Crippen LogP contribution < -0.4 is 9.46 Å². The molecule has 0 saturated heterocycles. The molecular formula is C30H32N8O5S. The van der Waals surface area contributed by atoms with Gasteiger partial charge in [0.2, 0.25) is 21.7 Å². The lowest BCUT2D eigenvalue weighted by Crippen LogP contribution is -2.40. The average Bonchev–Trinajstić information content (AvgIpc) is 3.66. The van der Waals surface area contributed by atoms with E-state index in [1.54, 1.807) is 76.2 Å². The van der Waals surface area contributed by atoms with E-state index in [0.29, 0.717) is 40.8 Å². The number of carbonyl (C=O) groups excluding carboxylic acids is 1. The SMILES string of the molecule is Cc1nc(-c2cccc(CN(CCc3nnn[nH]3)C(=O)Oc3ccc(-c4ccccc4S(=O)(=O)NC(C)(C)C)cc3)c2)no1. The summed E-state index contributed by atoms with van der Waals surface area (Å²) in [6, 6.07) is 20.9. The normalized spacial score (nSPS) is 11.8. The fourth-order valence-electron chi connectivity index (χ4n) is 4.47. The molecule has 0 aliphatic rings. The number of aromatic nitrogens is 6. The first-order valence-electron chi connectivity index (χ1n) is 13.8. The van der Waals surface area contributed by atoms with Gasteiger partial charge in [0.05, 0.1) is 4.90 Å². The van der Waals surface area contributed by atoms with Gasteiger partial charge in [0, 0.05) is 43.1 Å². The number of benzene rings is 3. The molecule has 0 fully saturated rings. The molecule has 0 unspecified atom stereocenters. The molecule has 0 aliphatic heterocycles. The van der Waals surface area contributed by atoms with Crippen LogP contribution in [0.2, 0.25) is 0 Å². The first-order chi connectivity index (χ1) is 21.0. The fourth-order valence-corrected chi connectivity index (χ4v) is 6.12. The van der Waals surface area contributed by atoms with Gasteiger partial charge in [0.25, 0.3) is 0 Å². The highest BCUT2D eigenvalue weighted by Crippen LogP contribution is 2.30. The Bertz CT molecular complexity index is 1830. The lowest BCUT2D eigenvalue weighted by atomic mass is 10.1. The average molecular weight is 617 g/mol. The molecule has 3 aromatic carbocycles. The van der Waals surface area contributed by atoms with Crippen LogP contribution in [-0.4, -0.2) is 62.3 Å². The van der Waals surface area contributed by atoms with E-state index in [2.05, 4.69) is 35.5 Å². The van der Waals surface area contributed by atoms with Crippen LogP contribution in [0, 0.1) is 6.92 Å². The summed E-state index contributed by atoms with van der Waals surface area (Å²) < 4.78 is 39.8. The van der Waals surface area contributed by atoms with Crippen molar-refractivity contribution >= 4 is 16.1 Å². The predicted molar refractivity (Wildman–Crippen MR) is 161 cm³/mol. The van der Waals surface area contributed by atoms with Crippen LogP contribution in [0.3, 0.4) is 0 Å². The van der Waals surface area contributed by atoms with Crippen LogP contribution in [0.1, 0.15) is 38.0 Å². The van der Waals surface area contributed by atoms with Gasteiger partial charge < -0.3 is 14.2 Å². The third-order valence-corrected chi connectivity index (χ3v) is 8.16. The second kappa shape index (κ2) is 12.7. The van der Waals surface area contributed by atoms with E-state index in [0.717, 1.165) is 11.1 Å². The summed E-state index contributed by atoms with van der Waals surface area (Å²) in [5.41, 5.74) is 2.12. The summed E-state index contributed by atoms with van der Waals surface area (Å²) in [5.74, 6) is 1.73. The minimum atomic E-state index is -3.78. The lowest BCUT2D eigenvalue weighted by Gasteiger charge is -2.22. The highest BCUT2D eigenvalue weighted by molar-refractivity contribution is 7.89. The molecule has 2 heterocycles. The molecule has 2 aromatic heterocycles. The number of hydrogen-bond donors (Lipinski definition) is 2. The minimum absolute atomic E-state index is 0.158. The van der Waals surface area contributed by atoms with Crippen molar-refractivity contribution in [3.63, 3.8) is 0 Å². The number of amides is 1. The molecule has 14 heteroatoms. The third kappa shape index (κ3) is 7.71. The Hall–Kier alpha value is -4.95. The number of rotatable bonds is 10. The maximum atomic E-state index is 13.4. The third-order valence-electron chi connectivity index (χ3n) is 6.34. The molecule has 0 bridgehead atoms. The number of tetrazole rings is 1. The van der Waals surface area contributed by atoms with E-state index >= 15 is 0 Å². The second-order valence-corrected chi connectivity index (χ2v) is 12.8. The monoisotopic (exact) mass is 616 g/mol. The van der Waals surface area contributed by atoms with Gasteiger partial charge in [0.1, 0.15) is 11.6 Å². The van der Waals surface area contributed by atoms with E-state index in [1.165, 1.54) is 4.90 Å². The number of ether oxygens (including phenoxy) is 1. The van der Waals surface area contributed by atoms with Gasteiger partial charge in [-0.3, -0.25) is 0 Å². The van der Waals surface area contributed by atoms with Crippen molar-refractivity contribution in [2.75, 3.05) is 6.54 Å². The summed E-state index contributed by atoms with van der Waals surface area (Å²) in [6.45, 7) is 7.57. The van der Waals surface area contributed by atoms with Gasteiger partial charge in [0.15, 0.2) is 0 Å². The smallest absolute Gasteiger partial charge is 0.410 e. The van der Waals surface area contributed by atoms with Crippen molar-refractivity contribution in [1.29, 1.82) is 0 Å². The Kier molecular flexibility index (Phi) is 8.83. The van der Waals surface area contributed by atoms with E-state index in [9.17, 15) is 13.2 Å². The minimum Gasteiger partial charge on any atom is -0.410 e. The summed E-state index contributed by atoms with van der Waals surface area (Å²) in [7, 11) is -3.78. The molecule has 1 amide bonds. The molecule has 5 rings (SSSR count). The molecule has 2 N–H and O–H groups in total. The van der Waals surface area contributed by atoms with E-state index in [4.69, 9.17) is 9.26 Å². The van der Waals surface area contributed by atoms with Gasteiger partial charge in [-0.2, -0.15) is 4.98 Å². The molecule has 0 spiro atoms. The number of carbonyl (C=O) groups is 1. The number of nitrogens with one attached hydrogen (secondary N) is 2. The topological polar surface area (TPSA) is 169 Å². The maximum absolute atomic E-state index is 13.4. The predicted octanol–water partition coefficient (Wildman–Crippen LogP) is 4.55. The molecule has 0 saturated carbocycles. The van der Waals surface area contributed by atoms with Crippen molar-refractivity contribution in [3.05, 3.63) is 90.1 Å². The maximum Gasteiger partial charge on any atom is 0.415 e. The first kappa shape index (κ1) is 30.5. The molecule has 0 aliphatic carbocycles. The number of aromatic amines is 1. The van der Waals surface area contributed by atoms with Crippen LogP contribution in [0.25, 0.3) is 22.5 Å². The molecule has 0 radical (unpaired) electrons. The van der Waals surface area contributed by atoms with E-state index in [1.807, 2.05) is 24.3 Å². The van der Waals surface area contributed by atoms with Crippen LogP contribution in [0.5, 0.6) is 5.75 Å². The highest BCUT2D eigenvalue weighted by atomic mass is 32.2. The van der Waals surface area contributed by atoms with Crippen molar-refractivity contribution in [1.82, 2.24) is 40.4 Å². The zero-order valence-corrected chi connectivity index (χ0v) is 25.5. The van der Waals surface area contributed by atoms with Crippen molar-refractivity contribution < 1.29 is 22.5 Å². The second-order valence-electron chi connectivity index (χ2n) is 11.1. The van der Waals surface area contributed by atoms with Crippen molar-refractivity contribution in [2.45, 2.75) is 51.1 Å². The number of aryl methyl sites for hydroxylation is 1. The number of nitrogens with zero attached hydrogens (tertiary/aromatic N) is 6. The largest absolute Gasteiger partial charge is 0.415 e. The van der Waals surface area contributed by atoms with Crippen LogP contribution in [0.4, 0.5) is 4.79 Å². The summed E-state index contributed by atoms with van der Waals surface area (Å²) in [4.78, 5) is 19.4. The fraction of sp³-hybridized carbons (Fsp3) is 0.267. The Labute approximate surface area is 254 Å². The molecule has 44 heavy (non-hydrogen) atoms. The Balaban J connectivity index is 1.34. The summed E-state index contributed by atoms with van der Waals surface area (Å²) in [5, 5.41) is 17.8.